The number of rotatable bonds is 6. The van der Waals surface area contributed by atoms with E-state index in [4.69, 9.17) is 10.6 Å². The number of hydrogen-bond donors (Lipinski definition) is 2. The van der Waals surface area contributed by atoms with Gasteiger partial charge >= 0.3 is 0 Å². The predicted octanol–water partition coefficient (Wildman–Crippen LogP) is 1.76. The topological polar surface area (TPSA) is 65.1 Å². The number of ether oxygens (including phenoxy) is 1. The molecule has 1 aromatic carbocycles. The molecule has 0 saturated carbocycles. The van der Waals surface area contributed by atoms with E-state index in [9.17, 15) is 0 Å². The van der Waals surface area contributed by atoms with Crippen LogP contribution in [0.2, 0.25) is 0 Å². The van der Waals surface area contributed by atoms with Crippen LogP contribution in [0.5, 0.6) is 5.75 Å². The van der Waals surface area contributed by atoms with Gasteiger partial charge in [-0.05, 0) is 30.2 Å². The van der Waals surface area contributed by atoms with E-state index >= 15 is 0 Å². The molecule has 1 aromatic heterocycles. The second-order valence-electron chi connectivity index (χ2n) is 4.43. The van der Waals surface area contributed by atoms with Crippen LogP contribution in [0, 0.1) is 0 Å². The van der Waals surface area contributed by atoms with Gasteiger partial charge in [-0.1, -0.05) is 19.1 Å². The molecule has 102 valence electrons. The standard InChI is InChI=1S/C14H20N4O/c1-3-9-19-12-6-4-5-11(10-12)14(16-15)13-7-8-18(2)17-13/h4-8,10,14,16H,3,9,15H2,1-2H3. The van der Waals surface area contributed by atoms with Crippen LogP contribution in [-0.2, 0) is 7.05 Å². The van der Waals surface area contributed by atoms with Crippen LogP contribution in [0.25, 0.3) is 0 Å². The maximum Gasteiger partial charge on any atom is 0.119 e. The Kier molecular flexibility index (Phi) is 4.54. The smallest absolute Gasteiger partial charge is 0.119 e. The first-order chi connectivity index (χ1) is 9.24. The number of nitrogens with two attached hydrogens (primary N) is 1. The van der Waals surface area contributed by atoms with Gasteiger partial charge in [0.2, 0.25) is 0 Å². The zero-order valence-electron chi connectivity index (χ0n) is 11.3. The highest BCUT2D eigenvalue weighted by molar-refractivity contribution is 5.34. The molecular formula is C14H20N4O. The number of nitrogens with zero attached hydrogens (tertiary/aromatic N) is 2. The summed E-state index contributed by atoms with van der Waals surface area (Å²) in [6.07, 6.45) is 2.89. The number of hydrazine groups is 1. The third kappa shape index (κ3) is 3.33. The largest absolute Gasteiger partial charge is 0.494 e. The summed E-state index contributed by atoms with van der Waals surface area (Å²) < 4.78 is 7.40. The minimum absolute atomic E-state index is 0.133. The van der Waals surface area contributed by atoms with Crippen LogP contribution in [0.4, 0.5) is 0 Å². The fourth-order valence-electron chi connectivity index (χ4n) is 1.94. The normalized spacial score (nSPS) is 12.4. The molecular weight excluding hydrogens is 240 g/mol. The third-order valence-electron chi connectivity index (χ3n) is 2.86. The van der Waals surface area contributed by atoms with Crippen molar-refractivity contribution < 1.29 is 4.74 Å². The Morgan fingerprint density at radius 2 is 2.26 bits per heavy atom. The van der Waals surface area contributed by atoms with Crippen LogP contribution in [0.3, 0.4) is 0 Å². The second kappa shape index (κ2) is 6.36. The number of benzene rings is 1. The molecule has 5 heteroatoms. The Morgan fingerprint density at radius 3 is 2.89 bits per heavy atom. The summed E-state index contributed by atoms with van der Waals surface area (Å²) in [6.45, 7) is 2.80. The molecule has 0 saturated heterocycles. The van der Waals surface area contributed by atoms with Crippen LogP contribution in [0.1, 0.15) is 30.6 Å². The number of aromatic nitrogens is 2. The molecule has 19 heavy (non-hydrogen) atoms. The predicted molar refractivity (Wildman–Crippen MR) is 74.6 cm³/mol. The molecule has 0 amide bonds. The van der Waals surface area contributed by atoms with Gasteiger partial charge in [0, 0.05) is 13.2 Å². The van der Waals surface area contributed by atoms with Gasteiger partial charge < -0.3 is 4.74 Å². The zero-order valence-corrected chi connectivity index (χ0v) is 11.3. The number of hydrogen-bond acceptors (Lipinski definition) is 4. The van der Waals surface area contributed by atoms with Gasteiger partial charge in [-0.3, -0.25) is 10.5 Å². The summed E-state index contributed by atoms with van der Waals surface area (Å²) in [5.74, 6) is 6.51. The van der Waals surface area contributed by atoms with Crippen LogP contribution in [-0.4, -0.2) is 16.4 Å². The molecule has 2 aromatic rings. The maximum absolute atomic E-state index is 5.66. The molecule has 2 rings (SSSR count). The molecule has 1 atom stereocenters. The van der Waals surface area contributed by atoms with Gasteiger partial charge in [-0.25, -0.2) is 5.43 Å². The summed E-state index contributed by atoms with van der Waals surface area (Å²) in [7, 11) is 1.89. The number of aryl methyl sites for hydroxylation is 1. The van der Waals surface area contributed by atoms with Gasteiger partial charge in [0.05, 0.1) is 18.3 Å². The van der Waals surface area contributed by atoms with Crippen molar-refractivity contribution in [1.29, 1.82) is 0 Å². The summed E-state index contributed by atoms with van der Waals surface area (Å²) in [5.41, 5.74) is 4.72. The fraction of sp³-hybridized carbons (Fsp3) is 0.357. The lowest BCUT2D eigenvalue weighted by Gasteiger charge is -2.15. The summed E-state index contributed by atoms with van der Waals surface area (Å²) in [6, 6.07) is 9.74. The Hall–Kier alpha value is -1.85. The molecule has 0 fully saturated rings. The zero-order chi connectivity index (χ0) is 13.7. The van der Waals surface area contributed by atoms with E-state index in [1.54, 1.807) is 4.68 Å². The maximum atomic E-state index is 5.66. The van der Waals surface area contributed by atoms with Crippen molar-refractivity contribution in [2.24, 2.45) is 12.9 Å². The molecule has 5 nitrogen and oxygen atoms in total. The van der Waals surface area contributed by atoms with Crippen molar-refractivity contribution in [2.45, 2.75) is 19.4 Å². The van der Waals surface area contributed by atoms with E-state index in [1.165, 1.54) is 0 Å². The van der Waals surface area contributed by atoms with Crippen molar-refractivity contribution in [1.82, 2.24) is 15.2 Å². The second-order valence-corrected chi connectivity index (χ2v) is 4.43. The number of nitrogens with one attached hydrogen (secondary N) is 1. The van der Waals surface area contributed by atoms with Crippen molar-refractivity contribution in [3.8, 4) is 5.75 Å². The Bertz CT molecular complexity index is 524. The molecule has 0 aliphatic heterocycles. The lowest BCUT2D eigenvalue weighted by Crippen LogP contribution is -2.29. The monoisotopic (exact) mass is 260 g/mol. The first kappa shape index (κ1) is 13.6. The van der Waals surface area contributed by atoms with Crippen LogP contribution >= 0.6 is 0 Å². The van der Waals surface area contributed by atoms with E-state index in [-0.39, 0.29) is 6.04 Å². The lowest BCUT2D eigenvalue weighted by molar-refractivity contribution is 0.317. The lowest BCUT2D eigenvalue weighted by atomic mass is 10.0. The van der Waals surface area contributed by atoms with E-state index in [0.29, 0.717) is 6.61 Å². The van der Waals surface area contributed by atoms with Crippen molar-refractivity contribution >= 4 is 0 Å². The third-order valence-corrected chi connectivity index (χ3v) is 2.86. The molecule has 0 aliphatic rings. The SMILES string of the molecule is CCCOc1cccc(C(NN)c2ccn(C)n2)c1. The minimum atomic E-state index is -0.133. The van der Waals surface area contributed by atoms with Crippen molar-refractivity contribution in [2.75, 3.05) is 6.61 Å². The van der Waals surface area contributed by atoms with E-state index in [0.717, 1.165) is 23.4 Å². The van der Waals surface area contributed by atoms with Gasteiger partial charge in [0.15, 0.2) is 0 Å². The minimum Gasteiger partial charge on any atom is -0.494 e. The molecule has 3 N–H and O–H groups in total. The summed E-state index contributed by atoms with van der Waals surface area (Å²) >= 11 is 0. The van der Waals surface area contributed by atoms with Gasteiger partial charge in [-0.15, -0.1) is 0 Å². The molecule has 1 heterocycles. The molecule has 0 bridgehead atoms. The first-order valence-corrected chi connectivity index (χ1v) is 6.43. The van der Waals surface area contributed by atoms with Crippen LogP contribution in [0.15, 0.2) is 36.5 Å². The average Bonchev–Trinajstić information content (AvgIpc) is 2.84. The molecule has 0 aliphatic carbocycles. The average molecular weight is 260 g/mol. The summed E-state index contributed by atoms with van der Waals surface area (Å²) in [4.78, 5) is 0. The molecule has 1 unspecified atom stereocenters. The van der Waals surface area contributed by atoms with Crippen molar-refractivity contribution in [3.63, 3.8) is 0 Å². The Balaban J connectivity index is 2.23. The van der Waals surface area contributed by atoms with Crippen molar-refractivity contribution in [3.05, 3.63) is 47.8 Å². The fourth-order valence-corrected chi connectivity index (χ4v) is 1.94. The Morgan fingerprint density at radius 1 is 1.42 bits per heavy atom. The van der Waals surface area contributed by atoms with E-state index < -0.39 is 0 Å². The van der Waals surface area contributed by atoms with Gasteiger partial charge in [0.25, 0.3) is 0 Å². The quantitative estimate of drug-likeness (QED) is 0.613. The Labute approximate surface area is 113 Å². The highest BCUT2D eigenvalue weighted by atomic mass is 16.5. The molecule has 0 radical (unpaired) electrons. The highest BCUT2D eigenvalue weighted by Gasteiger charge is 2.15. The van der Waals surface area contributed by atoms with E-state index in [2.05, 4.69) is 17.4 Å². The van der Waals surface area contributed by atoms with Crippen LogP contribution < -0.4 is 16.0 Å². The summed E-state index contributed by atoms with van der Waals surface area (Å²) in [5, 5.41) is 4.38. The van der Waals surface area contributed by atoms with Gasteiger partial charge in [-0.2, -0.15) is 5.10 Å². The van der Waals surface area contributed by atoms with E-state index in [1.807, 2.05) is 43.6 Å². The van der Waals surface area contributed by atoms with Gasteiger partial charge in [0.1, 0.15) is 5.75 Å². The molecule has 0 spiro atoms. The highest BCUT2D eigenvalue weighted by Crippen LogP contribution is 2.23. The first-order valence-electron chi connectivity index (χ1n) is 6.43.